The predicted molar refractivity (Wildman–Crippen MR) is 110 cm³/mol. The summed E-state index contributed by atoms with van der Waals surface area (Å²) in [5, 5.41) is 18.2. The van der Waals surface area contributed by atoms with Gasteiger partial charge in [-0.2, -0.15) is 0 Å². The fourth-order valence-corrected chi connectivity index (χ4v) is 3.47. The maximum absolute atomic E-state index is 13.0. The molecule has 0 bridgehead atoms. The highest BCUT2D eigenvalue weighted by molar-refractivity contribution is 5.97. The quantitative estimate of drug-likeness (QED) is 0.619. The van der Waals surface area contributed by atoms with Gasteiger partial charge in [-0.3, -0.25) is 4.79 Å². The first-order valence-corrected chi connectivity index (χ1v) is 9.53. The Morgan fingerprint density at radius 3 is 2.71 bits per heavy atom. The monoisotopic (exact) mass is 376 g/mol. The molecule has 1 atom stereocenters. The minimum atomic E-state index is -0.488. The second kappa shape index (κ2) is 8.00. The topological polar surface area (TPSA) is 70.6 Å². The van der Waals surface area contributed by atoms with E-state index in [1.165, 1.54) is 0 Å². The second-order valence-corrected chi connectivity index (χ2v) is 7.15. The van der Waals surface area contributed by atoms with Crippen molar-refractivity contribution in [2.75, 3.05) is 19.7 Å². The summed E-state index contributed by atoms with van der Waals surface area (Å²) in [6, 6.07) is 18.9. The average Bonchev–Trinajstić information content (AvgIpc) is 2.69. The van der Waals surface area contributed by atoms with E-state index < -0.39 is 6.04 Å². The Hall–Kier alpha value is -2.89. The van der Waals surface area contributed by atoms with Crippen LogP contribution in [0, 0.1) is 6.92 Å². The number of rotatable bonds is 6. The number of nitrogens with one attached hydrogen (secondary N) is 2. The largest absolute Gasteiger partial charge is 0.488 e. The molecule has 28 heavy (non-hydrogen) atoms. The van der Waals surface area contributed by atoms with Crippen LogP contribution in [-0.2, 0) is 0 Å². The lowest BCUT2D eigenvalue weighted by Crippen LogP contribution is -2.50. The fraction of sp³-hybridized carbons (Fsp3) is 0.261. The molecule has 1 aliphatic heterocycles. The molecule has 0 spiro atoms. The van der Waals surface area contributed by atoms with Gasteiger partial charge < -0.3 is 20.5 Å². The molecule has 0 aliphatic carbocycles. The fourth-order valence-electron chi connectivity index (χ4n) is 3.47. The zero-order valence-electron chi connectivity index (χ0n) is 15.8. The summed E-state index contributed by atoms with van der Waals surface area (Å²) in [6.45, 7) is 3.37. The first-order valence-electron chi connectivity index (χ1n) is 9.53. The summed E-state index contributed by atoms with van der Waals surface area (Å²) >= 11 is 0. The molecule has 1 aliphatic rings. The summed E-state index contributed by atoms with van der Waals surface area (Å²) in [5.41, 5.74) is 2.33. The summed E-state index contributed by atoms with van der Waals surface area (Å²) in [7, 11) is 0. The van der Waals surface area contributed by atoms with E-state index >= 15 is 0 Å². The van der Waals surface area contributed by atoms with Crippen LogP contribution in [-0.4, -0.2) is 36.8 Å². The molecule has 0 aromatic heterocycles. The highest BCUT2D eigenvalue weighted by Crippen LogP contribution is 2.25. The third kappa shape index (κ3) is 3.72. The number of carbonyl (C=O) groups is 1. The summed E-state index contributed by atoms with van der Waals surface area (Å²) in [5.74, 6) is 0.467. The summed E-state index contributed by atoms with van der Waals surface area (Å²) < 4.78 is 5.88. The molecule has 1 unspecified atom stereocenters. The minimum Gasteiger partial charge on any atom is -0.488 e. The highest BCUT2D eigenvalue weighted by atomic mass is 16.5. The molecule has 1 fully saturated rings. The number of aryl methyl sites for hydroxylation is 1. The van der Waals surface area contributed by atoms with Crippen LogP contribution in [0.15, 0.2) is 60.7 Å². The lowest BCUT2D eigenvalue weighted by atomic mass is 9.98. The molecule has 3 aromatic rings. The Morgan fingerprint density at radius 2 is 1.96 bits per heavy atom. The maximum Gasteiger partial charge on any atom is 0.252 e. The Morgan fingerprint density at radius 1 is 1.18 bits per heavy atom. The number of ether oxygens (including phenoxy) is 1. The van der Waals surface area contributed by atoms with Gasteiger partial charge in [0.2, 0.25) is 0 Å². The first-order chi connectivity index (χ1) is 13.7. The van der Waals surface area contributed by atoms with Gasteiger partial charge in [-0.15, -0.1) is 0 Å². The number of carbonyl (C=O) groups excluding carboxylic acids is 1. The number of hydrogen-bond donors (Lipinski definition) is 3. The zero-order valence-corrected chi connectivity index (χ0v) is 15.8. The van der Waals surface area contributed by atoms with Gasteiger partial charge in [0.15, 0.2) is 0 Å². The van der Waals surface area contributed by atoms with Crippen molar-refractivity contribution < 1.29 is 14.6 Å². The molecule has 144 valence electrons. The standard InChI is InChI=1S/C23H24N2O3/c1-15-9-10-17(28-18-12-24-13-18)11-21(15)23(27)25-22(14-26)20-8-4-6-16-5-2-3-7-19(16)20/h2-11,18,22,24,26H,12-14H2,1H3,(H,25,27). The molecule has 1 saturated heterocycles. The van der Waals surface area contributed by atoms with Gasteiger partial charge >= 0.3 is 0 Å². The van der Waals surface area contributed by atoms with E-state index in [-0.39, 0.29) is 18.6 Å². The van der Waals surface area contributed by atoms with Crippen molar-refractivity contribution in [2.45, 2.75) is 19.1 Å². The Labute approximate surface area is 164 Å². The summed E-state index contributed by atoms with van der Waals surface area (Å²) in [6.07, 6.45) is 0.152. The van der Waals surface area contributed by atoms with Gasteiger partial charge in [0.05, 0.1) is 12.6 Å². The van der Waals surface area contributed by atoms with Gasteiger partial charge in [0.25, 0.3) is 5.91 Å². The van der Waals surface area contributed by atoms with E-state index in [4.69, 9.17) is 4.74 Å². The molecule has 0 radical (unpaired) electrons. The van der Waals surface area contributed by atoms with Crippen LogP contribution in [0.25, 0.3) is 10.8 Å². The first kappa shape index (κ1) is 18.5. The van der Waals surface area contributed by atoms with Gasteiger partial charge in [-0.25, -0.2) is 0 Å². The van der Waals surface area contributed by atoms with E-state index in [2.05, 4.69) is 10.6 Å². The second-order valence-electron chi connectivity index (χ2n) is 7.15. The predicted octanol–water partition coefficient (Wildman–Crippen LogP) is 2.96. The number of aliphatic hydroxyl groups is 1. The lowest BCUT2D eigenvalue weighted by Gasteiger charge is -2.28. The molecule has 4 rings (SSSR count). The van der Waals surface area contributed by atoms with Crippen LogP contribution >= 0.6 is 0 Å². The zero-order chi connectivity index (χ0) is 19.5. The van der Waals surface area contributed by atoms with Gasteiger partial charge in [0, 0.05) is 18.7 Å². The molecule has 5 nitrogen and oxygen atoms in total. The molecule has 5 heteroatoms. The van der Waals surface area contributed by atoms with Crippen LogP contribution in [0.3, 0.4) is 0 Å². The van der Waals surface area contributed by atoms with Crippen molar-refractivity contribution in [3.63, 3.8) is 0 Å². The highest BCUT2D eigenvalue weighted by Gasteiger charge is 2.21. The van der Waals surface area contributed by atoms with E-state index in [0.717, 1.165) is 35.0 Å². The number of fused-ring (bicyclic) bond motifs is 1. The van der Waals surface area contributed by atoms with Crippen molar-refractivity contribution in [1.29, 1.82) is 0 Å². The van der Waals surface area contributed by atoms with Crippen molar-refractivity contribution in [1.82, 2.24) is 10.6 Å². The average molecular weight is 376 g/mol. The minimum absolute atomic E-state index is 0.152. The van der Waals surface area contributed by atoms with Crippen LogP contribution in [0.1, 0.15) is 27.5 Å². The van der Waals surface area contributed by atoms with Crippen molar-refractivity contribution in [3.05, 3.63) is 77.4 Å². The third-order valence-corrected chi connectivity index (χ3v) is 5.19. The Kier molecular flexibility index (Phi) is 5.28. The number of amides is 1. The lowest BCUT2D eigenvalue weighted by molar-refractivity contribution is 0.0914. The molecule has 1 heterocycles. The molecule has 1 amide bonds. The van der Waals surface area contributed by atoms with Crippen molar-refractivity contribution >= 4 is 16.7 Å². The van der Waals surface area contributed by atoms with E-state index in [1.54, 1.807) is 6.07 Å². The normalized spacial score (nSPS) is 15.1. The number of hydrogen-bond acceptors (Lipinski definition) is 4. The van der Waals surface area contributed by atoms with Gasteiger partial charge in [-0.05, 0) is 41.0 Å². The number of benzene rings is 3. The SMILES string of the molecule is Cc1ccc(OC2CNC2)cc1C(=O)NC(CO)c1cccc2ccccc12. The van der Waals surface area contributed by atoms with Crippen LogP contribution in [0.5, 0.6) is 5.75 Å². The molecular formula is C23H24N2O3. The van der Waals surface area contributed by atoms with Gasteiger partial charge in [-0.1, -0.05) is 48.5 Å². The van der Waals surface area contributed by atoms with Crippen LogP contribution in [0.4, 0.5) is 0 Å². The molecular weight excluding hydrogens is 352 g/mol. The van der Waals surface area contributed by atoms with E-state index in [9.17, 15) is 9.90 Å². The van der Waals surface area contributed by atoms with E-state index in [1.807, 2.05) is 61.5 Å². The Bertz CT molecular complexity index is 993. The van der Waals surface area contributed by atoms with Gasteiger partial charge in [0.1, 0.15) is 11.9 Å². The Balaban J connectivity index is 1.58. The molecule has 3 aromatic carbocycles. The summed E-state index contributed by atoms with van der Waals surface area (Å²) in [4.78, 5) is 13.0. The van der Waals surface area contributed by atoms with Crippen molar-refractivity contribution in [3.8, 4) is 5.75 Å². The third-order valence-electron chi connectivity index (χ3n) is 5.19. The van der Waals surface area contributed by atoms with Crippen LogP contribution in [0.2, 0.25) is 0 Å². The number of aliphatic hydroxyl groups excluding tert-OH is 1. The van der Waals surface area contributed by atoms with Crippen LogP contribution < -0.4 is 15.4 Å². The molecule has 0 saturated carbocycles. The van der Waals surface area contributed by atoms with Crippen molar-refractivity contribution in [2.24, 2.45) is 0 Å². The molecule has 3 N–H and O–H groups in total. The maximum atomic E-state index is 13.0. The smallest absolute Gasteiger partial charge is 0.252 e. The van der Waals surface area contributed by atoms with E-state index in [0.29, 0.717) is 11.3 Å².